The van der Waals surface area contributed by atoms with Crippen molar-refractivity contribution in [3.63, 3.8) is 0 Å². The predicted octanol–water partition coefficient (Wildman–Crippen LogP) is 3.33. The molecule has 0 spiro atoms. The van der Waals surface area contributed by atoms with Crippen LogP contribution in [-0.2, 0) is 23.1 Å². The predicted molar refractivity (Wildman–Crippen MR) is 130 cm³/mol. The molecule has 0 aromatic heterocycles. The molecular formula is C24H24N4O6S. The number of hydrogen-bond donors (Lipinski definition) is 2. The highest BCUT2D eigenvalue weighted by Gasteiger charge is 2.40. The Morgan fingerprint density at radius 3 is 2.26 bits per heavy atom. The highest BCUT2D eigenvalue weighted by atomic mass is 32.2. The van der Waals surface area contributed by atoms with Crippen molar-refractivity contribution in [1.29, 1.82) is 0 Å². The number of nitrogens with one attached hydrogen (secondary N) is 1. The minimum absolute atomic E-state index is 0.0229. The number of carbonyl (C=O) groups is 2. The maximum Gasteiger partial charge on any atom is 0.412 e. The lowest BCUT2D eigenvalue weighted by atomic mass is 10.2. The van der Waals surface area contributed by atoms with E-state index in [1.54, 1.807) is 55.6 Å². The number of sulfonamides is 1. The number of ether oxygens (including phenoxy) is 2. The van der Waals surface area contributed by atoms with E-state index in [4.69, 9.17) is 15.2 Å². The van der Waals surface area contributed by atoms with E-state index in [9.17, 15) is 18.0 Å². The second kappa shape index (κ2) is 9.55. The van der Waals surface area contributed by atoms with Gasteiger partial charge in [-0.05, 0) is 47.5 Å². The van der Waals surface area contributed by atoms with Crippen LogP contribution in [-0.4, -0.2) is 39.0 Å². The second-order valence-electron chi connectivity index (χ2n) is 7.82. The van der Waals surface area contributed by atoms with E-state index < -0.39 is 22.1 Å². The Hall–Kier alpha value is -4.25. The molecule has 0 unspecified atom stereocenters. The Bertz CT molecular complexity index is 1360. The third-order valence-electron chi connectivity index (χ3n) is 5.47. The Morgan fingerprint density at radius 2 is 1.60 bits per heavy atom. The fourth-order valence-electron chi connectivity index (χ4n) is 3.54. The number of rotatable bonds is 6. The van der Waals surface area contributed by atoms with Gasteiger partial charge in [-0.3, -0.25) is 4.90 Å². The first-order valence-electron chi connectivity index (χ1n) is 10.6. The number of hydrogen-bond acceptors (Lipinski definition) is 7. The molecule has 0 saturated heterocycles. The van der Waals surface area contributed by atoms with Gasteiger partial charge in [0, 0.05) is 25.3 Å². The van der Waals surface area contributed by atoms with Crippen LogP contribution < -0.4 is 25.4 Å². The lowest BCUT2D eigenvalue weighted by Crippen LogP contribution is -2.48. The van der Waals surface area contributed by atoms with Gasteiger partial charge in [-0.25, -0.2) is 22.3 Å². The Morgan fingerprint density at radius 1 is 0.971 bits per heavy atom. The van der Waals surface area contributed by atoms with Gasteiger partial charge in [-0.2, -0.15) is 0 Å². The number of nitrogens with zero attached hydrogens (tertiary/aromatic N) is 2. The molecule has 3 aromatic carbocycles. The van der Waals surface area contributed by atoms with Crippen LogP contribution in [0, 0.1) is 0 Å². The summed E-state index contributed by atoms with van der Waals surface area (Å²) in [5.41, 5.74) is 7.83. The van der Waals surface area contributed by atoms with Crippen molar-refractivity contribution in [2.45, 2.75) is 18.0 Å². The molecule has 0 saturated carbocycles. The fraction of sp³-hybridized carbons (Fsp3) is 0.167. The fourth-order valence-corrected chi connectivity index (χ4v) is 5.15. The van der Waals surface area contributed by atoms with Crippen molar-refractivity contribution in [1.82, 2.24) is 9.62 Å². The number of methoxy groups -OCH3 is 1. The summed E-state index contributed by atoms with van der Waals surface area (Å²) in [7, 11) is -1.16. The molecule has 1 aliphatic rings. The maximum atomic E-state index is 13.3. The van der Waals surface area contributed by atoms with Gasteiger partial charge in [0.05, 0.1) is 19.3 Å². The molecule has 3 aromatic rings. The van der Waals surface area contributed by atoms with Gasteiger partial charge >= 0.3 is 12.1 Å². The average molecular weight is 497 g/mol. The van der Waals surface area contributed by atoms with E-state index in [1.165, 1.54) is 30.1 Å². The first kappa shape index (κ1) is 23.9. The van der Waals surface area contributed by atoms with Gasteiger partial charge in [0.1, 0.15) is 16.4 Å². The van der Waals surface area contributed by atoms with E-state index >= 15 is 0 Å². The topological polar surface area (TPSA) is 131 Å². The zero-order valence-electron chi connectivity index (χ0n) is 19.1. The van der Waals surface area contributed by atoms with Crippen LogP contribution in [0.2, 0.25) is 0 Å². The summed E-state index contributed by atoms with van der Waals surface area (Å²) in [6.07, 6.45) is -0.753. The molecule has 1 aliphatic heterocycles. The van der Waals surface area contributed by atoms with Crippen LogP contribution in [0.1, 0.15) is 11.1 Å². The SMILES string of the molecule is COc1ccc(CNC(=O)Oc2ccc3c(c2)S(=O)(=O)N(Cc2ccc(N)cc2)C(=O)N3C)cc1. The molecule has 3 N–H and O–H groups in total. The molecule has 11 heteroatoms. The summed E-state index contributed by atoms with van der Waals surface area (Å²) in [5.74, 6) is 0.718. The molecule has 35 heavy (non-hydrogen) atoms. The third kappa shape index (κ3) is 4.99. The van der Waals surface area contributed by atoms with Crippen molar-refractivity contribution in [2.24, 2.45) is 0 Å². The molecular weight excluding hydrogens is 472 g/mol. The number of fused-ring (bicyclic) bond motifs is 1. The summed E-state index contributed by atoms with van der Waals surface area (Å²) in [5, 5.41) is 2.61. The molecule has 182 valence electrons. The van der Waals surface area contributed by atoms with Crippen molar-refractivity contribution in [3.8, 4) is 11.5 Å². The minimum Gasteiger partial charge on any atom is -0.497 e. The van der Waals surface area contributed by atoms with Crippen LogP contribution in [0.4, 0.5) is 21.0 Å². The van der Waals surface area contributed by atoms with Crippen LogP contribution in [0.5, 0.6) is 11.5 Å². The highest BCUT2D eigenvalue weighted by Crippen LogP contribution is 2.36. The summed E-state index contributed by atoms with van der Waals surface area (Å²) < 4.78 is 37.8. The molecule has 0 atom stereocenters. The first-order chi connectivity index (χ1) is 16.7. The lowest BCUT2D eigenvalue weighted by Gasteiger charge is -2.34. The Labute approximate surface area is 202 Å². The number of nitrogen functional groups attached to an aromatic ring is 1. The molecule has 0 fully saturated rings. The minimum atomic E-state index is -4.21. The number of urea groups is 1. The lowest BCUT2D eigenvalue weighted by molar-refractivity contribution is 0.199. The van der Waals surface area contributed by atoms with Gasteiger partial charge < -0.3 is 20.5 Å². The second-order valence-corrected chi connectivity index (χ2v) is 9.65. The Balaban J connectivity index is 1.51. The van der Waals surface area contributed by atoms with E-state index in [0.29, 0.717) is 17.0 Å². The Kier molecular flexibility index (Phi) is 6.52. The van der Waals surface area contributed by atoms with Gasteiger partial charge in [0.25, 0.3) is 10.0 Å². The monoisotopic (exact) mass is 496 g/mol. The van der Waals surface area contributed by atoms with Crippen LogP contribution >= 0.6 is 0 Å². The zero-order valence-corrected chi connectivity index (χ0v) is 19.9. The van der Waals surface area contributed by atoms with E-state index in [1.807, 2.05) is 0 Å². The number of nitrogens with two attached hydrogens (primary N) is 1. The van der Waals surface area contributed by atoms with Crippen LogP contribution in [0.3, 0.4) is 0 Å². The molecule has 4 rings (SSSR count). The number of benzene rings is 3. The largest absolute Gasteiger partial charge is 0.497 e. The number of amides is 3. The summed E-state index contributed by atoms with van der Waals surface area (Å²) in [6.45, 7) is 0.0390. The summed E-state index contributed by atoms with van der Waals surface area (Å²) >= 11 is 0. The normalized spacial score (nSPS) is 14.3. The van der Waals surface area contributed by atoms with Crippen molar-refractivity contribution in [2.75, 3.05) is 24.8 Å². The third-order valence-corrected chi connectivity index (χ3v) is 7.22. The summed E-state index contributed by atoms with van der Waals surface area (Å²) in [6, 6.07) is 17.1. The first-order valence-corrected chi connectivity index (χ1v) is 12.0. The number of carbonyl (C=O) groups excluding carboxylic acids is 2. The van der Waals surface area contributed by atoms with Crippen LogP contribution in [0.15, 0.2) is 71.6 Å². The number of anilines is 2. The standard InChI is InChI=1S/C24H24N4O6S/c1-27-21-12-11-20(34-23(29)26-14-16-5-9-19(33-2)10-6-16)13-22(21)35(31,32)28(24(27)30)15-17-3-7-18(25)8-4-17/h3-13H,14-15,25H2,1-2H3,(H,26,29). The van der Waals surface area contributed by atoms with Gasteiger partial charge in [-0.1, -0.05) is 24.3 Å². The maximum absolute atomic E-state index is 13.3. The summed E-state index contributed by atoms with van der Waals surface area (Å²) in [4.78, 5) is 26.2. The van der Waals surface area contributed by atoms with E-state index in [0.717, 1.165) is 9.87 Å². The van der Waals surface area contributed by atoms with E-state index in [2.05, 4.69) is 5.32 Å². The van der Waals surface area contributed by atoms with E-state index in [-0.39, 0.29) is 29.4 Å². The van der Waals surface area contributed by atoms with Crippen molar-refractivity contribution in [3.05, 3.63) is 77.9 Å². The zero-order chi connectivity index (χ0) is 25.2. The van der Waals surface area contributed by atoms with Gasteiger partial charge in [-0.15, -0.1) is 0 Å². The highest BCUT2D eigenvalue weighted by molar-refractivity contribution is 7.90. The molecule has 0 bridgehead atoms. The molecule has 10 nitrogen and oxygen atoms in total. The average Bonchev–Trinajstić information content (AvgIpc) is 2.85. The van der Waals surface area contributed by atoms with Gasteiger partial charge in [0.15, 0.2) is 0 Å². The van der Waals surface area contributed by atoms with Gasteiger partial charge in [0.2, 0.25) is 0 Å². The molecule has 0 aliphatic carbocycles. The molecule has 3 amide bonds. The smallest absolute Gasteiger partial charge is 0.412 e. The molecule has 0 radical (unpaired) electrons. The quantitative estimate of drug-likeness (QED) is 0.501. The van der Waals surface area contributed by atoms with Crippen LogP contribution in [0.25, 0.3) is 0 Å². The molecule has 1 heterocycles. The van der Waals surface area contributed by atoms with Crippen molar-refractivity contribution < 1.29 is 27.5 Å². The van der Waals surface area contributed by atoms with Crippen molar-refractivity contribution >= 4 is 33.5 Å².